The van der Waals surface area contributed by atoms with Gasteiger partial charge in [0.05, 0.1) is 37.3 Å². The molecule has 8 heteroatoms. The summed E-state index contributed by atoms with van der Waals surface area (Å²) in [5.41, 5.74) is 1.69. The summed E-state index contributed by atoms with van der Waals surface area (Å²) >= 11 is 0. The van der Waals surface area contributed by atoms with Crippen LogP contribution in [0.2, 0.25) is 0 Å². The topological polar surface area (TPSA) is 72.2 Å². The summed E-state index contributed by atoms with van der Waals surface area (Å²) in [5, 5.41) is 0. The zero-order chi connectivity index (χ0) is 22.6. The van der Waals surface area contributed by atoms with Gasteiger partial charge in [-0.15, -0.1) is 0 Å². The van der Waals surface area contributed by atoms with Crippen LogP contribution in [-0.4, -0.2) is 46.7 Å². The fraction of sp³-hybridized carbons (Fsp3) is 0.333. The highest BCUT2D eigenvalue weighted by atomic mass is 32.2. The van der Waals surface area contributed by atoms with Crippen LogP contribution in [0.3, 0.4) is 0 Å². The molecule has 32 heavy (non-hydrogen) atoms. The Balaban J connectivity index is 1.64. The minimum atomic E-state index is -3.76. The van der Waals surface area contributed by atoms with Crippen molar-refractivity contribution in [2.75, 3.05) is 31.6 Å². The molecule has 0 unspecified atom stereocenters. The average molecular weight is 457 g/mol. The summed E-state index contributed by atoms with van der Waals surface area (Å²) in [6.07, 6.45) is 4.87. The first-order valence-electron chi connectivity index (χ1n) is 10.6. The van der Waals surface area contributed by atoms with Crippen molar-refractivity contribution in [2.45, 2.75) is 30.3 Å². The predicted molar refractivity (Wildman–Crippen MR) is 123 cm³/mol. The fourth-order valence-corrected chi connectivity index (χ4v) is 5.89. The van der Waals surface area contributed by atoms with Crippen molar-refractivity contribution in [3.05, 3.63) is 72.7 Å². The van der Waals surface area contributed by atoms with Crippen LogP contribution < -0.4 is 13.8 Å². The molecule has 4 rings (SSSR count). The maximum Gasteiger partial charge on any atom is 0.264 e. The van der Waals surface area contributed by atoms with Crippen molar-refractivity contribution in [3.63, 3.8) is 0 Å². The highest BCUT2D eigenvalue weighted by molar-refractivity contribution is 7.92. The number of anilines is 1. The Morgan fingerprint density at radius 1 is 1.00 bits per heavy atom. The van der Waals surface area contributed by atoms with Crippen molar-refractivity contribution in [2.24, 2.45) is 0 Å². The quantitative estimate of drug-likeness (QED) is 0.507. The summed E-state index contributed by atoms with van der Waals surface area (Å²) < 4.78 is 45.0. The van der Waals surface area contributed by atoms with E-state index in [2.05, 4.69) is 4.90 Å². The molecule has 1 aromatic heterocycles. The highest BCUT2D eigenvalue weighted by Gasteiger charge is 2.34. The summed E-state index contributed by atoms with van der Waals surface area (Å²) in [4.78, 5) is 2.60. The van der Waals surface area contributed by atoms with Gasteiger partial charge < -0.3 is 13.9 Å². The number of furan rings is 1. The highest BCUT2D eigenvalue weighted by Crippen LogP contribution is 2.36. The van der Waals surface area contributed by atoms with E-state index in [0.29, 0.717) is 17.2 Å². The monoisotopic (exact) mass is 456 g/mol. The second kappa shape index (κ2) is 9.67. The van der Waals surface area contributed by atoms with Crippen LogP contribution in [-0.2, 0) is 16.6 Å². The van der Waals surface area contributed by atoms with Gasteiger partial charge in [0.2, 0.25) is 0 Å². The molecular formula is C24H28N2O5S. The van der Waals surface area contributed by atoms with Gasteiger partial charge in [-0.1, -0.05) is 18.2 Å². The number of piperidine rings is 1. The third-order valence-electron chi connectivity index (χ3n) is 5.80. The van der Waals surface area contributed by atoms with Crippen molar-refractivity contribution in [1.29, 1.82) is 0 Å². The predicted octanol–water partition coefficient (Wildman–Crippen LogP) is 4.16. The number of rotatable bonds is 8. The fourth-order valence-electron chi connectivity index (χ4n) is 4.17. The third kappa shape index (κ3) is 4.61. The molecule has 0 N–H and O–H groups in total. The summed E-state index contributed by atoms with van der Waals surface area (Å²) in [5.74, 6) is 1.05. The molecule has 3 aromatic rings. The number of nitrogens with zero attached hydrogens (tertiary/aromatic N) is 2. The molecule has 0 atom stereocenters. The van der Waals surface area contributed by atoms with Crippen molar-refractivity contribution < 1.29 is 22.3 Å². The maximum atomic E-state index is 13.8. The van der Waals surface area contributed by atoms with E-state index in [-0.39, 0.29) is 10.9 Å². The molecule has 2 heterocycles. The molecule has 0 spiro atoms. The number of methoxy groups -OCH3 is 2. The van der Waals surface area contributed by atoms with Gasteiger partial charge in [0.15, 0.2) is 11.5 Å². The second-order valence-electron chi connectivity index (χ2n) is 7.79. The molecule has 7 nitrogen and oxygen atoms in total. The molecule has 0 bridgehead atoms. The zero-order valence-electron chi connectivity index (χ0n) is 18.3. The van der Waals surface area contributed by atoms with E-state index in [9.17, 15) is 8.42 Å². The molecular weight excluding hydrogens is 428 g/mol. The second-order valence-corrected chi connectivity index (χ2v) is 9.61. The van der Waals surface area contributed by atoms with Gasteiger partial charge in [0.25, 0.3) is 10.0 Å². The van der Waals surface area contributed by atoms with Gasteiger partial charge in [-0.25, -0.2) is 8.42 Å². The van der Waals surface area contributed by atoms with E-state index in [4.69, 9.17) is 13.9 Å². The van der Waals surface area contributed by atoms with Gasteiger partial charge in [-0.3, -0.25) is 9.21 Å². The van der Waals surface area contributed by atoms with Crippen LogP contribution in [0.15, 0.2) is 76.4 Å². The third-order valence-corrected chi connectivity index (χ3v) is 7.69. The zero-order valence-corrected chi connectivity index (χ0v) is 19.1. The van der Waals surface area contributed by atoms with Crippen molar-refractivity contribution >= 4 is 15.7 Å². The van der Waals surface area contributed by atoms with E-state index < -0.39 is 10.0 Å². The number of hydrogen-bond donors (Lipinski definition) is 0. The summed E-state index contributed by atoms with van der Waals surface area (Å²) in [7, 11) is -0.653. The lowest BCUT2D eigenvalue weighted by Crippen LogP contribution is -2.47. The molecule has 0 saturated carbocycles. The molecule has 0 amide bonds. The Hall–Kier alpha value is -2.97. The normalized spacial score (nSPS) is 15.4. The first-order chi connectivity index (χ1) is 15.5. The number of ether oxygens (including phenoxy) is 2. The summed E-state index contributed by atoms with van der Waals surface area (Å²) in [6.45, 7) is 2.39. The lowest BCUT2D eigenvalue weighted by Gasteiger charge is -2.39. The molecule has 170 valence electrons. The molecule has 1 aliphatic heterocycles. The van der Waals surface area contributed by atoms with E-state index >= 15 is 0 Å². The van der Waals surface area contributed by atoms with Gasteiger partial charge >= 0.3 is 0 Å². The lowest BCUT2D eigenvalue weighted by atomic mass is 10.0. The van der Waals surface area contributed by atoms with Gasteiger partial charge in [-0.2, -0.15) is 0 Å². The van der Waals surface area contributed by atoms with Gasteiger partial charge in [-0.05, 0) is 43.2 Å². The number of likely N-dealkylation sites (tertiary alicyclic amines) is 1. The number of sulfonamides is 1. The first-order valence-corrected chi connectivity index (χ1v) is 12.0. The molecule has 2 aromatic carbocycles. The Morgan fingerprint density at radius 3 is 2.34 bits per heavy atom. The average Bonchev–Trinajstić information content (AvgIpc) is 3.34. The Labute approximate surface area is 189 Å². The van der Waals surface area contributed by atoms with Crippen LogP contribution in [0.5, 0.6) is 11.5 Å². The van der Waals surface area contributed by atoms with E-state index in [1.807, 2.05) is 12.1 Å². The van der Waals surface area contributed by atoms with Crippen LogP contribution in [0.4, 0.5) is 5.69 Å². The SMILES string of the molecule is COc1ccc(N(C2CCN(Cc3ccoc3)CC2)S(=O)(=O)c2ccccc2)cc1OC. The molecule has 1 fully saturated rings. The lowest BCUT2D eigenvalue weighted by molar-refractivity contribution is 0.206. The molecule has 0 radical (unpaired) electrons. The van der Waals surface area contributed by atoms with Crippen molar-refractivity contribution in [3.8, 4) is 11.5 Å². The number of hydrogen-bond acceptors (Lipinski definition) is 6. The Bertz CT molecular complexity index is 1110. The standard InChI is InChI=1S/C24H28N2O5S/c1-29-23-9-8-21(16-24(23)30-2)26(32(27,28)22-6-4-3-5-7-22)20-10-13-25(14-11-20)17-19-12-15-31-18-19/h3-9,12,15-16,18,20H,10-11,13-14,17H2,1-2H3. The maximum absolute atomic E-state index is 13.8. The van der Waals surface area contributed by atoms with Gasteiger partial charge in [0.1, 0.15) is 0 Å². The largest absolute Gasteiger partial charge is 0.493 e. The van der Waals surface area contributed by atoms with E-state index in [1.165, 1.54) is 0 Å². The van der Waals surface area contributed by atoms with E-state index in [0.717, 1.165) is 38.0 Å². The Morgan fingerprint density at radius 2 is 1.72 bits per heavy atom. The van der Waals surface area contributed by atoms with Crippen molar-refractivity contribution in [1.82, 2.24) is 4.90 Å². The van der Waals surface area contributed by atoms with E-state index in [1.54, 1.807) is 73.5 Å². The van der Waals surface area contributed by atoms with Crippen LogP contribution in [0.25, 0.3) is 0 Å². The minimum absolute atomic E-state index is 0.168. The Kier molecular flexibility index (Phi) is 6.72. The first kappa shape index (κ1) is 22.2. The van der Waals surface area contributed by atoms with Crippen LogP contribution in [0.1, 0.15) is 18.4 Å². The van der Waals surface area contributed by atoms with Crippen LogP contribution in [0, 0.1) is 0 Å². The smallest absolute Gasteiger partial charge is 0.264 e. The van der Waals surface area contributed by atoms with Crippen LogP contribution >= 0.6 is 0 Å². The molecule has 1 saturated heterocycles. The molecule has 1 aliphatic rings. The minimum Gasteiger partial charge on any atom is -0.493 e. The van der Waals surface area contributed by atoms with Gasteiger partial charge in [0, 0.05) is 37.3 Å². The number of benzene rings is 2. The summed E-state index contributed by atoms with van der Waals surface area (Å²) in [6, 6.07) is 15.6. The molecule has 0 aliphatic carbocycles.